The quantitative estimate of drug-likeness (QED) is 0.743. The number of carbonyl (C=O) groups is 1. The van der Waals surface area contributed by atoms with Gasteiger partial charge in [-0.3, -0.25) is 9.69 Å². The summed E-state index contributed by atoms with van der Waals surface area (Å²) < 4.78 is 13.0. The Labute approximate surface area is 105 Å². The highest BCUT2D eigenvalue weighted by atomic mass is 19.1. The average molecular weight is 252 g/mol. The highest BCUT2D eigenvalue weighted by Gasteiger charge is 2.19. The molecule has 18 heavy (non-hydrogen) atoms. The monoisotopic (exact) mass is 252 g/mol. The van der Waals surface area contributed by atoms with Gasteiger partial charge in [0.25, 0.3) is 0 Å². The Morgan fingerprint density at radius 2 is 1.94 bits per heavy atom. The molecule has 1 saturated heterocycles. The number of primary amides is 1. The van der Waals surface area contributed by atoms with E-state index in [1.165, 1.54) is 12.1 Å². The molecule has 0 bridgehead atoms. The van der Waals surface area contributed by atoms with Crippen LogP contribution in [0.15, 0.2) is 18.2 Å². The Bertz CT molecular complexity index is 444. The largest absolute Gasteiger partial charge is 0.397 e. The molecule has 1 aromatic rings. The van der Waals surface area contributed by atoms with Gasteiger partial charge in [0.05, 0.1) is 17.9 Å². The van der Waals surface area contributed by atoms with Crippen LogP contribution in [-0.2, 0) is 4.79 Å². The Morgan fingerprint density at radius 3 is 2.50 bits per heavy atom. The molecule has 1 aliphatic rings. The van der Waals surface area contributed by atoms with Gasteiger partial charge < -0.3 is 16.4 Å². The van der Waals surface area contributed by atoms with Gasteiger partial charge in [-0.25, -0.2) is 4.39 Å². The van der Waals surface area contributed by atoms with Crippen LogP contribution in [0.1, 0.15) is 0 Å². The first-order valence-corrected chi connectivity index (χ1v) is 5.87. The van der Waals surface area contributed by atoms with E-state index < -0.39 is 0 Å². The minimum absolute atomic E-state index is 0.284. The van der Waals surface area contributed by atoms with Gasteiger partial charge in [0.15, 0.2) is 0 Å². The summed E-state index contributed by atoms with van der Waals surface area (Å²) in [6.45, 7) is 3.29. The van der Waals surface area contributed by atoms with E-state index in [0.29, 0.717) is 5.69 Å². The number of hydrogen-bond acceptors (Lipinski definition) is 4. The summed E-state index contributed by atoms with van der Waals surface area (Å²) in [5.41, 5.74) is 12.2. The first-order chi connectivity index (χ1) is 8.56. The van der Waals surface area contributed by atoms with Crippen molar-refractivity contribution in [2.24, 2.45) is 5.73 Å². The zero-order valence-electron chi connectivity index (χ0n) is 10.1. The van der Waals surface area contributed by atoms with E-state index in [4.69, 9.17) is 11.5 Å². The molecule has 0 spiro atoms. The van der Waals surface area contributed by atoms with Gasteiger partial charge in [0.1, 0.15) is 5.82 Å². The third kappa shape index (κ3) is 2.89. The fraction of sp³-hybridized carbons (Fsp3) is 0.417. The Balaban J connectivity index is 1.99. The van der Waals surface area contributed by atoms with Gasteiger partial charge in [-0.2, -0.15) is 0 Å². The van der Waals surface area contributed by atoms with E-state index >= 15 is 0 Å². The maximum Gasteiger partial charge on any atom is 0.231 e. The zero-order valence-corrected chi connectivity index (χ0v) is 10.1. The van der Waals surface area contributed by atoms with Crippen molar-refractivity contribution in [2.45, 2.75) is 0 Å². The number of benzene rings is 1. The first-order valence-electron chi connectivity index (χ1n) is 5.87. The maximum absolute atomic E-state index is 13.0. The highest BCUT2D eigenvalue weighted by Crippen LogP contribution is 2.24. The number of anilines is 2. The van der Waals surface area contributed by atoms with Crippen molar-refractivity contribution in [3.05, 3.63) is 24.0 Å². The number of nitrogens with two attached hydrogens (primary N) is 2. The van der Waals surface area contributed by atoms with E-state index in [1.54, 1.807) is 6.07 Å². The van der Waals surface area contributed by atoms with Crippen molar-refractivity contribution in [1.82, 2.24) is 4.90 Å². The van der Waals surface area contributed by atoms with E-state index in [9.17, 15) is 9.18 Å². The Kier molecular flexibility index (Phi) is 3.66. The van der Waals surface area contributed by atoms with E-state index in [1.807, 2.05) is 4.90 Å². The molecule has 98 valence electrons. The van der Waals surface area contributed by atoms with Crippen LogP contribution in [0, 0.1) is 5.82 Å². The number of nitrogen functional groups attached to an aromatic ring is 1. The molecule has 0 aliphatic carbocycles. The highest BCUT2D eigenvalue weighted by molar-refractivity contribution is 5.76. The SMILES string of the molecule is NC(=O)CN1CCN(c2ccc(F)cc2N)CC1. The van der Waals surface area contributed by atoms with Crippen LogP contribution in [0.25, 0.3) is 0 Å². The lowest BCUT2D eigenvalue weighted by atomic mass is 10.2. The van der Waals surface area contributed by atoms with Crippen molar-refractivity contribution >= 4 is 17.3 Å². The number of piperazine rings is 1. The zero-order chi connectivity index (χ0) is 13.1. The summed E-state index contributed by atoms with van der Waals surface area (Å²) in [6.07, 6.45) is 0. The van der Waals surface area contributed by atoms with Gasteiger partial charge in [0, 0.05) is 26.2 Å². The molecule has 0 unspecified atom stereocenters. The number of amides is 1. The average Bonchev–Trinajstić information content (AvgIpc) is 2.30. The van der Waals surface area contributed by atoms with Gasteiger partial charge in [-0.15, -0.1) is 0 Å². The lowest BCUT2D eigenvalue weighted by Crippen LogP contribution is -2.49. The minimum Gasteiger partial charge on any atom is -0.397 e. The summed E-state index contributed by atoms with van der Waals surface area (Å²) in [4.78, 5) is 14.9. The Morgan fingerprint density at radius 1 is 1.28 bits per heavy atom. The predicted molar refractivity (Wildman–Crippen MR) is 68.7 cm³/mol. The lowest BCUT2D eigenvalue weighted by molar-refractivity contribution is -0.119. The third-order valence-corrected chi connectivity index (χ3v) is 3.08. The standard InChI is InChI=1S/C12H17FN4O/c13-9-1-2-11(10(14)7-9)17-5-3-16(4-6-17)8-12(15)18/h1-2,7H,3-6,8,14H2,(H2,15,18). The van der Waals surface area contributed by atoms with Crippen LogP contribution in [0.3, 0.4) is 0 Å². The summed E-state index contributed by atoms with van der Waals surface area (Å²) in [7, 11) is 0. The van der Waals surface area contributed by atoms with Crippen molar-refractivity contribution in [3.8, 4) is 0 Å². The molecule has 1 amide bonds. The molecule has 0 atom stereocenters. The van der Waals surface area contributed by atoms with Crippen molar-refractivity contribution in [1.29, 1.82) is 0 Å². The van der Waals surface area contributed by atoms with Crippen LogP contribution in [0.5, 0.6) is 0 Å². The van der Waals surface area contributed by atoms with Gasteiger partial charge in [-0.1, -0.05) is 0 Å². The van der Waals surface area contributed by atoms with Gasteiger partial charge in [0.2, 0.25) is 5.91 Å². The number of rotatable bonds is 3. The summed E-state index contributed by atoms with van der Waals surface area (Å²) in [6, 6.07) is 4.42. The molecule has 0 radical (unpaired) electrons. The summed E-state index contributed by atoms with van der Waals surface area (Å²) >= 11 is 0. The molecule has 6 heteroatoms. The third-order valence-electron chi connectivity index (χ3n) is 3.08. The molecule has 2 rings (SSSR count). The smallest absolute Gasteiger partial charge is 0.231 e. The normalized spacial score (nSPS) is 16.8. The molecule has 1 aliphatic heterocycles. The second-order valence-electron chi connectivity index (χ2n) is 4.43. The van der Waals surface area contributed by atoms with Crippen molar-refractivity contribution in [2.75, 3.05) is 43.4 Å². The molecule has 0 aromatic heterocycles. The second kappa shape index (κ2) is 5.22. The predicted octanol–water partition coefficient (Wildman–Crippen LogP) is 0.0152. The molecular formula is C12H17FN4O. The van der Waals surface area contributed by atoms with Crippen molar-refractivity contribution in [3.63, 3.8) is 0 Å². The van der Waals surface area contributed by atoms with E-state index in [2.05, 4.69) is 4.90 Å². The fourth-order valence-electron chi connectivity index (χ4n) is 2.18. The maximum atomic E-state index is 13.0. The minimum atomic E-state index is -0.330. The molecule has 4 N–H and O–H groups in total. The molecule has 1 heterocycles. The topological polar surface area (TPSA) is 75.6 Å². The number of nitrogens with zero attached hydrogens (tertiary/aromatic N) is 2. The summed E-state index contributed by atoms with van der Waals surface area (Å²) in [5, 5.41) is 0. The Hall–Kier alpha value is -1.82. The molecule has 0 saturated carbocycles. The van der Waals surface area contributed by atoms with Gasteiger partial charge in [-0.05, 0) is 18.2 Å². The first kappa shape index (κ1) is 12.6. The number of carbonyl (C=O) groups excluding carboxylic acids is 1. The second-order valence-corrected chi connectivity index (χ2v) is 4.43. The van der Waals surface area contributed by atoms with Crippen LogP contribution in [-0.4, -0.2) is 43.5 Å². The van der Waals surface area contributed by atoms with E-state index in [0.717, 1.165) is 31.9 Å². The fourth-order valence-corrected chi connectivity index (χ4v) is 2.18. The number of halogens is 1. The van der Waals surface area contributed by atoms with Crippen LogP contribution < -0.4 is 16.4 Å². The van der Waals surface area contributed by atoms with Crippen molar-refractivity contribution < 1.29 is 9.18 Å². The molecule has 1 fully saturated rings. The molecule has 1 aromatic carbocycles. The van der Waals surface area contributed by atoms with Crippen LogP contribution in [0.4, 0.5) is 15.8 Å². The molecule has 5 nitrogen and oxygen atoms in total. The van der Waals surface area contributed by atoms with E-state index in [-0.39, 0.29) is 18.3 Å². The number of hydrogen-bond donors (Lipinski definition) is 2. The lowest BCUT2D eigenvalue weighted by Gasteiger charge is -2.36. The van der Waals surface area contributed by atoms with Crippen LogP contribution in [0.2, 0.25) is 0 Å². The molecular weight excluding hydrogens is 235 g/mol. The van der Waals surface area contributed by atoms with Crippen LogP contribution >= 0.6 is 0 Å². The van der Waals surface area contributed by atoms with Gasteiger partial charge >= 0.3 is 0 Å². The summed E-state index contributed by atoms with van der Waals surface area (Å²) in [5.74, 6) is -0.645.